The first-order chi connectivity index (χ1) is 22.3. The van der Waals surface area contributed by atoms with Crippen LogP contribution in [0.25, 0.3) is 0 Å². The van der Waals surface area contributed by atoms with Crippen molar-refractivity contribution >= 4 is 17.7 Å². The molecule has 0 spiro atoms. The van der Waals surface area contributed by atoms with Crippen molar-refractivity contribution in [2.45, 2.75) is 149 Å². The Morgan fingerprint density at radius 3 is 2.31 bits per heavy atom. The Hall–Kier alpha value is -2.09. The van der Waals surface area contributed by atoms with Gasteiger partial charge in [0.1, 0.15) is 11.7 Å². The fourth-order valence-electron chi connectivity index (χ4n) is 7.43. The molecule has 0 saturated carbocycles. The van der Waals surface area contributed by atoms with Crippen molar-refractivity contribution in [2.24, 2.45) is 34.7 Å². The summed E-state index contributed by atoms with van der Waals surface area (Å²) in [5.41, 5.74) is -0.194. The molecule has 12 heteroatoms. The number of cyclic esters (lactones) is 1. The van der Waals surface area contributed by atoms with E-state index in [1.54, 1.807) is 20.8 Å². The van der Waals surface area contributed by atoms with E-state index < -0.39 is 72.1 Å². The summed E-state index contributed by atoms with van der Waals surface area (Å²) in [6, 6.07) is -0.184. The highest BCUT2D eigenvalue weighted by molar-refractivity contribution is 5.88. The van der Waals surface area contributed by atoms with Gasteiger partial charge in [-0.25, -0.2) is 0 Å². The second-order valence-electron chi connectivity index (χ2n) is 14.8. The van der Waals surface area contributed by atoms with Gasteiger partial charge in [0.25, 0.3) is 0 Å². The van der Waals surface area contributed by atoms with Gasteiger partial charge in [0, 0.05) is 18.8 Å². The van der Waals surface area contributed by atoms with Crippen LogP contribution in [0.4, 0.5) is 0 Å². The van der Waals surface area contributed by atoms with E-state index in [0.717, 1.165) is 5.57 Å². The maximum atomic E-state index is 13.7. The molecular formula is C36H64N2O10. The molecule has 0 aromatic rings. The Labute approximate surface area is 288 Å². The second kappa shape index (κ2) is 18.2. The van der Waals surface area contributed by atoms with Crippen molar-refractivity contribution in [1.82, 2.24) is 4.90 Å². The van der Waals surface area contributed by atoms with E-state index in [1.807, 2.05) is 60.5 Å². The van der Waals surface area contributed by atoms with Crippen molar-refractivity contribution in [3.05, 3.63) is 12.2 Å². The zero-order valence-corrected chi connectivity index (χ0v) is 31.3. The number of ether oxygens (including phenoxy) is 5. The molecule has 12 nitrogen and oxygen atoms in total. The lowest BCUT2D eigenvalue weighted by Gasteiger charge is -2.45. The first-order valence-electron chi connectivity index (χ1n) is 17.5. The third-order valence-electron chi connectivity index (χ3n) is 10.4. The molecule has 1 unspecified atom stereocenters. The Morgan fingerprint density at radius 2 is 1.79 bits per heavy atom. The minimum Gasteiger partial charge on any atom is -0.459 e. The van der Waals surface area contributed by atoms with Crippen LogP contribution in [0.5, 0.6) is 0 Å². The molecule has 0 aliphatic carbocycles. The number of hydrogen-bond acceptors (Lipinski definition) is 12. The predicted molar refractivity (Wildman–Crippen MR) is 182 cm³/mol. The molecule has 278 valence electrons. The molecule has 2 heterocycles. The summed E-state index contributed by atoms with van der Waals surface area (Å²) in [6.07, 6.45) is -3.56. The van der Waals surface area contributed by atoms with E-state index in [2.05, 4.69) is 11.7 Å². The van der Waals surface area contributed by atoms with E-state index in [4.69, 9.17) is 23.7 Å². The molecular weight excluding hydrogens is 620 g/mol. The van der Waals surface area contributed by atoms with Crippen LogP contribution in [0, 0.1) is 29.6 Å². The van der Waals surface area contributed by atoms with Crippen LogP contribution in [-0.2, 0) is 33.3 Å². The lowest BCUT2D eigenvalue weighted by molar-refractivity contribution is -0.291. The minimum atomic E-state index is -1.51. The molecule has 0 bridgehead atoms. The van der Waals surface area contributed by atoms with Gasteiger partial charge in [0.15, 0.2) is 12.4 Å². The number of carbonyl (C=O) groups is 2. The topological polar surface area (TPSA) is 157 Å². The van der Waals surface area contributed by atoms with Gasteiger partial charge in [-0.05, 0) is 79.3 Å². The summed E-state index contributed by atoms with van der Waals surface area (Å²) in [7, 11) is 3.81. The largest absolute Gasteiger partial charge is 0.459 e. The normalized spacial score (nSPS) is 39.0. The van der Waals surface area contributed by atoms with E-state index in [0.29, 0.717) is 31.4 Å². The fraction of sp³-hybridized carbons (Fsp3) is 0.861. The molecule has 0 aromatic carbocycles. The third kappa shape index (κ3) is 10.5. The van der Waals surface area contributed by atoms with E-state index in [9.17, 15) is 25.0 Å². The van der Waals surface area contributed by atoms with Crippen LogP contribution >= 0.6 is 0 Å². The molecule has 2 saturated heterocycles. The summed E-state index contributed by atoms with van der Waals surface area (Å²) < 4.78 is 30.9. The highest BCUT2D eigenvalue weighted by atomic mass is 16.7. The number of oxime groups is 1. The summed E-state index contributed by atoms with van der Waals surface area (Å²) in [5.74, 6) is -3.68. The number of likely N-dealkylation sites (N-methyl/N-ethyl adjacent to an activating group) is 1. The number of carbonyl (C=O) groups excluding carboxylic acids is 2. The van der Waals surface area contributed by atoms with Gasteiger partial charge in [-0.2, -0.15) is 0 Å². The van der Waals surface area contributed by atoms with Gasteiger partial charge >= 0.3 is 11.9 Å². The number of rotatable bonds is 8. The first kappa shape index (κ1) is 42.1. The number of esters is 2. The number of nitrogens with zero attached hydrogens (tertiary/aromatic N) is 2. The van der Waals surface area contributed by atoms with Gasteiger partial charge in [-0.15, -0.1) is 0 Å². The van der Waals surface area contributed by atoms with Crippen LogP contribution in [0.2, 0.25) is 0 Å². The van der Waals surface area contributed by atoms with Crippen molar-refractivity contribution < 1.29 is 48.7 Å². The zero-order chi connectivity index (χ0) is 36.7. The number of aliphatic hydroxyl groups is 2. The van der Waals surface area contributed by atoms with Gasteiger partial charge < -0.3 is 44.0 Å². The lowest BCUT2D eigenvalue weighted by atomic mass is 9.70. The van der Waals surface area contributed by atoms with E-state index in [1.165, 1.54) is 6.92 Å². The Balaban J connectivity index is 2.54. The maximum Gasteiger partial charge on any atom is 0.311 e. The molecule has 0 amide bonds. The number of aliphatic hydroxyl groups excluding tert-OH is 1. The van der Waals surface area contributed by atoms with Gasteiger partial charge in [0.2, 0.25) is 0 Å². The molecule has 2 aliphatic heterocycles. The molecule has 2 rings (SSSR count). The van der Waals surface area contributed by atoms with Crippen molar-refractivity contribution in [1.29, 1.82) is 0 Å². The Morgan fingerprint density at radius 1 is 1.17 bits per heavy atom. The van der Waals surface area contributed by atoms with Crippen LogP contribution in [-0.4, -0.2) is 113 Å². The van der Waals surface area contributed by atoms with Gasteiger partial charge in [0.05, 0.1) is 48.7 Å². The SMILES string of the molecule is C=C1CC[C@H]([C@@H](C)/C(=N/O)C(C)C)[C@](C)(O)[C@@H](CC)OC(=O)[C@H](C)[C@@H](O)[C@H](C)[C@@H](O[C@@H]2O[C@H](C)C[C@H](N(C)C)[C@H]2OC(C)=O)C(C)OC1. The maximum absolute atomic E-state index is 13.7. The predicted octanol–water partition coefficient (Wildman–Crippen LogP) is 4.57. The highest BCUT2D eigenvalue weighted by Gasteiger charge is 2.48. The van der Waals surface area contributed by atoms with Crippen molar-refractivity contribution in [3.8, 4) is 0 Å². The Bertz CT molecular complexity index is 1090. The van der Waals surface area contributed by atoms with Gasteiger partial charge in [-0.3, -0.25) is 9.59 Å². The summed E-state index contributed by atoms with van der Waals surface area (Å²) >= 11 is 0. The zero-order valence-electron chi connectivity index (χ0n) is 31.3. The highest BCUT2D eigenvalue weighted by Crippen LogP contribution is 2.39. The summed E-state index contributed by atoms with van der Waals surface area (Å²) in [5, 5.41) is 37.2. The molecule has 48 heavy (non-hydrogen) atoms. The monoisotopic (exact) mass is 684 g/mol. The summed E-state index contributed by atoms with van der Waals surface area (Å²) in [6.45, 7) is 22.1. The number of hydrogen-bond donors (Lipinski definition) is 3. The van der Waals surface area contributed by atoms with Crippen LogP contribution < -0.4 is 0 Å². The summed E-state index contributed by atoms with van der Waals surface area (Å²) in [4.78, 5) is 27.8. The first-order valence-corrected chi connectivity index (χ1v) is 17.5. The van der Waals surface area contributed by atoms with Crippen molar-refractivity contribution in [3.63, 3.8) is 0 Å². The standard InChI is InChI=1S/C36H64N2O10/c1-14-29-36(11,42)27(22(6)30(37-43)19(2)3)16-15-20(4)18-44-25(9)32(23(7)31(40)24(8)34(41)47-29)48-35-33(46-26(10)39)28(38(12)13)17-21(5)45-35/h19,21-25,27-29,31-33,35,40,42-43H,4,14-18H2,1-3,5-13H3/b37-30+/t21-,22-,23+,24-,25?,27-,28+,29-,31+,32-,33-,35+,36+/m1/s1. The quantitative estimate of drug-likeness (QED) is 0.108. The lowest BCUT2D eigenvalue weighted by Crippen LogP contribution is -2.58. The molecule has 2 fully saturated rings. The average Bonchev–Trinajstić information content (AvgIpc) is 3.00. The minimum absolute atomic E-state index is 0.0782. The third-order valence-corrected chi connectivity index (χ3v) is 10.4. The molecule has 0 radical (unpaired) electrons. The molecule has 2 aliphatic rings. The molecule has 13 atom stereocenters. The van der Waals surface area contributed by atoms with E-state index in [-0.39, 0.29) is 30.6 Å². The van der Waals surface area contributed by atoms with Gasteiger partial charge in [-0.1, -0.05) is 51.9 Å². The Kier molecular flexibility index (Phi) is 16.0. The second-order valence-corrected chi connectivity index (χ2v) is 14.8. The fourth-order valence-corrected chi connectivity index (χ4v) is 7.43. The van der Waals surface area contributed by atoms with E-state index >= 15 is 0 Å². The molecule has 0 aromatic heterocycles. The average molecular weight is 685 g/mol. The smallest absolute Gasteiger partial charge is 0.311 e. The van der Waals surface area contributed by atoms with Crippen LogP contribution in [0.1, 0.15) is 94.9 Å². The van der Waals surface area contributed by atoms with Crippen molar-refractivity contribution in [2.75, 3.05) is 20.7 Å². The van der Waals surface area contributed by atoms with Crippen LogP contribution in [0.3, 0.4) is 0 Å². The van der Waals surface area contributed by atoms with Crippen LogP contribution in [0.15, 0.2) is 17.3 Å². The molecule has 3 N–H and O–H groups in total.